The summed E-state index contributed by atoms with van der Waals surface area (Å²) < 4.78 is 17.0. The topological polar surface area (TPSA) is 64.1 Å². The van der Waals surface area contributed by atoms with Gasteiger partial charge in [-0.05, 0) is 44.7 Å². The molecule has 1 saturated heterocycles. The van der Waals surface area contributed by atoms with E-state index in [0.717, 1.165) is 64.1 Å². The van der Waals surface area contributed by atoms with Gasteiger partial charge in [0.05, 0.1) is 19.8 Å². The second-order valence-electron chi connectivity index (χ2n) is 6.91. The van der Waals surface area contributed by atoms with Gasteiger partial charge >= 0.3 is 0 Å². The van der Waals surface area contributed by atoms with Crippen molar-refractivity contribution in [2.24, 2.45) is 10.9 Å². The molecule has 0 bridgehead atoms. The third-order valence-corrected chi connectivity index (χ3v) is 4.49. The summed E-state index contributed by atoms with van der Waals surface area (Å²) in [7, 11) is 0. The number of aryl methyl sites for hydroxylation is 2. The Kier molecular flexibility index (Phi) is 13.3. The Hall–Kier alpha value is -1.06. The van der Waals surface area contributed by atoms with Gasteiger partial charge in [0.2, 0.25) is 0 Å². The minimum absolute atomic E-state index is 0. The van der Waals surface area contributed by atoms with Gasteiger partial charge < -0.3 is 24.8 Å². The monoisotopic (exact) mass is 505 g/mol. The largest absolute Gasteiger partial charge is 0.491 e. The molecule has 0 saturated carbocycles. The summed E-state index contributed by atoms with van der Waals surface area (Å²) in [5, 5.41) is 6.59. The van der Waals surface area contributed by atoms with E-state index in [2.05, 4.69) is 54.6 Å². The number of hydrogen-bond acceptors (Lipinski definition) is 4. The summed E-state index contributed by atoms with van der Waals surface area (Å²) >= 11 is 0. The first kappa shape index (κ1) is 25.0. The van der Waals surface area contributed by atoms with Crippen LogP contribution in [0.15, 0.2) is 23.2 Å². The Morgan fingerprint density at radius 1 is 1.21 bits per heavy atom. The zero-order valence-electron chi connectivity index (χ0n) is 17.5. The van der Waals surface area contributed by atoms with E-state index in [9.17, 15) is 0 Å². The highest BCUT2D eigenvalue weighted by atomic mass is 127. The van der Waals surface area contributed by atoms with Crippen molar-refractivity contribution < 1.29 is 14.2 Å². The van der Waals surface area contributed by atoms with Gasteiger partial charge in [-0.25, -0.2) is 0 Å². The van der Waals surface area contributed by atoms with Crippen LogP contribution in [0.4, 0.5) is 0 Å². The van der Waals surface area contributed by atoms with Crippen LogP contribution in [-0.4, -0.2) is 58.6 Å². The minimum Gasteiger partial charge on any atom is -0.491 e. The number of benzene rings is 1. The van der Waals surface area contributed by atoms with Gasteiger partial charge in [0.25, 0.3) is 0 Å². The number of aliphatic imine (C=N–C) groups is 1. The lowest BCUT2D eigenvalue weighted by molar-refractivity contribution is 0.0893. The molecule has 0 aliphatic carbocycles. The summed E-state index contributed by atoms with van der Waals surface area (Å²) in [5.41, 5.74) is 2.33. The predicted molar refractivity (Wildman–Crippen MR) is 125 cm³/mol. The molecule has 1 heterocycles. The maximum absolute atomic E-state index is 5.93. The van der Waals surface area contributed by atoms with Crippen molar-refractivity contribution in [3.8, 4) is 5.75 Å². The highest BCUT2D eigenvalue weighted by Crippen LogP contribution is 2.21. The molecule has 0 spiro atoms. The van der Waals surface area contributed by atoms with E-state index in [1.807, 2.05) is 0 Å². The predicted octanol–water partition coefficient (Wildman–Crippen LogP) is 3.30. The summed E-state index contributed by atoms with van der Waals surface area (Å²) in [4.78, 5) is 4.60. The SMILES string of the molecule is CCNC(=NCCCOCC1CCOC1)NCCOc1c(C)cccc1C.I. The lowest BCUT2D eigenvalue weighted by Gasteiger charge is -2.14. The fraction of sp³-hybridized carbons (Fsp3) is 0.667. The van der Waals surface area contributed by atoms with Crippen molar-refractivity contribution in [2.45, 2.75) is 33.6 Å². The molecular formula is C21H36IN3O3. The third kappa shape index (κ3) is 9.43. The number of ether oxygens (including phenoxy) is 3. The normalized spacial score (nSPS) is 16.5. The quantitative estimate of drug-likeness (QED) is 0.209. The standard InChI is InChI=1S/C21H35N3O3.HI/c1-4-22-21(23-10-6-12-25-15-19-9-13-26-16-19)24-11-14-27-20-17(2)7-5-8-18(20)3;/h5,7-8,19H,4,6,9-16H2,1-3H3,(H2,22,23,24);1H. The van der Waals surface area contributed by atoms with E-state index in [4.69, 9.17) is 14.2 Å². The fourth-order valence-electron chi connectivity index (χ4n) is 3.01. The molecular weight excluding hydrogens is 469 g/mol. The Morgan fingerprint density at radius 2 is 2.00 bits per heavy atom. The van der Waals surface area contributed by atoms with Gasteiger partial charge in [-0.15, -0.1) is 24.0 Å². The molecule has 0 aromatic heterocycles. The minimum atomic E-state index is 0. The maximum Gasteiger partial charge on any atom is 0.191 e. The molecule has 28 heavy (non-hydrogen) atoms. The van der Waals surface area contributed by atoms with Crippen LogP contribution in [0, 0.1) is 19.8 Å². The fourth-order valence-corrected chi connectivity index (χ4v) is 3.01. The molecule has 1 atom stereocenters. The molecule has 7 heteroatoms. The second-order valence-corrected chi connectivity index (χ2v) is 6.91. The van der Waals surface area contributed by atoms with Crippen LogP contribution >= 0.6 is 24.0 Å². The van der Waals surface area contributed by atoms with Crippen molar-refractivity contribution in [1.29, 1.82) is 0 Å². The van der Waals surface area contributed by atoms with E-state index in [-0.39, 0.29) is 24.0 Å². The third-order valence-electron chi connectivity index (χ3n) is 4.49. The van der Waals surface area contributed by atoms with Crippen molar-refractivity contribution in [1.82, 2.24) is 10.6 Å². The first-order valence-corrected chi connectivity index (χ1v) is 10.1. The lowest BCUT2D eigenvalue weighted by Crippen LogP contribution is -2.39. The smallest absolute Gasteiger partial charge is 0.191 e. The summed E-state index contributed by atoms with van der Waals surface area (Å²) in [6.07, 6.45) is 2.04. The molecule has 160 valence electrons. The summed E-state index contributed by atoms with van der Waals surface area (Å²) in [5.74, 6) is 2.38. The van der Waals surface area contributed by atoms with Crippen LogP contribution in [0.3, 0.4) is 0 Å². The molecule has 1 aliphatic rings. The van der Waals surface area contributed by atoms with Crippen molar-refractivity contribution in [3.63, 3.8) is 0 Å². The molecule has 2 N–H and O–H groups in total. The van der Waals surface area contributed by atoms with E-state index in [1.54, 1.807) is 0 Å². The van der Waals surface area contributed by atoms with Crippen LogP contribution in [0.1, 0.15) is 30.9 Å². The molecule has 6 nitrogen and oxygen atoms in total. The van der Waals surface area contributed by atoms with E-state index >= 15 is 0 Å². The molecule has 1 fully saturated rings. The number of nitrogens with one attached hydrogen (secondary N) is 2. The average Bonchev–Trinajstić information content (AvgIpc) is 3.16. The maximum atomic E-state index is 5.93. The van der Waals surface area contributed by atoms with Crippen LogP contribution in [0.25, 0.3) is 0 Å². The Labute approximate surface area is 186 Å². The highest BCUT2D eigenvalue weighted by molar-refractivity contribution is 14.0. The summed E-state index contributed by atoms with van der Waals surface area (Å²) in [6.45, 7) is 12.4. The number of rotatable bonds is 11. The molecule has 1 aromatic carbocycles. The zero-order valence-corrected chi connectivity index (χ0v) is 19.8. The van der Waals surface area contributed by atoms with Gasteiger partial charge in [0.15, 0.2) is 5.96 Å². The number of hydrogen-bond donors (Lipinski definition) is 2. The van der Waals surface area contributed by atoms with Crippen LogP contribution in [0.2, 0.25) is 0 Å². The van der Waals surface area contributed by atoms with Crippen molar-refractivity contribution >= 4 is 29.9 Å². The summed E-state index contributed by atoms with van der Waals surface area (Å²) in [6, 6.07) is 6.20. The van der Waals surface area contributed by atoms with E-state index < -0.39 is 0 Å². The number of nitrogens with zero attached hydrogens (tertiary/aromatic N) is 1. The Bertz CT molecular complexity index is 558. The van der Waals surface area contributed by atoms with Crippen molar-refractivity contribution in [3.05, 3.63) is 29.3 Å². The first-order valence-electron chi connectivity index (χ1n) is 10.1. The molecule has 1 aliphatic heterocycles. The van der Waals surface area contributed by atoms with Gasteiger partial charge in [-0.3, -0.25) is 4.99 Å². The van der Waals surface area contributed by atoms with Crippen LogP contribution in [0.5, 0.6) is 5.75 Å². The molecule has 0 amide bonds. The van der Waals surface area contributed by atoms with Gasteiger partial charge in [0, 0.05) is 32.2 Å². The molecule has 2 rings (SSSR count). The van der Waals surface area contributed by atoms with Gasteiger partial charge in [-0.1, -0.05) is 18.2 Å². The second kappa shape index (κ2) is 14.9. The Balaban J connectivity index is 0.00000392. The number of halogens is 1. The molecule has 1 aromatic rings. The average molecular weight is 505 g/mol. The number of guanidine groups is 1. The molecule has 0 radical (unpaired) electrons. The lowest BCUT2D eigenvalue weighted by atomic mass is 10.1. The Morgan fingerprint density at radius 3 is 2.68 bits per heavy atom. The zero-order chi connectivity index (χ0) is 19.3. The van der Waals surface area contributed by atoms with Crippen LogP contribution in [-0.2, 0) is 9.47 Å². The van der Waals surface area contributed by atoms with Gasteiger partial charge in [0.1, 0.15) is 12.4 Å². The molecule has 1 unspecified atom stereocenters. The van der Waals surface area contributed by atoms with Crippen LogP contribution < -0.4 is 15.4 Å². The van der Waals surface area contributed by atoms with Crippen molar-refractivity contribution in [2.75, 3.05) is 52.7 Å². The number of para-hydroxylation sites is 1. The van der Waals surface area contributed by atoms with Gasteiger partial charge in [-0.2, -0.15) is 0 Å². The van der Waals surface area contributed by atoms with E-state index in [1.165, 1.54) is 11.1 Å². The highest BCUT2D eigenvalue weighted by Gasteiger charge is 2.15. The first-order chi connectivity index (χ1) is 13.2. The van der Waals surface area contributed by atoms with E-state index in [0.29, 0.717) is 19.1 Å².